The Morgan fingerprint density at radius 2 is 1.92 bits per heavy atom. The van der Waals surface area contributed by atoms with Crippen molar-refractivity contribution in [1.29, 1.82) is 0 Å². The normalized spacial score (nSPS) is 23.2. The van der Waals surface area contributed by atoms with Crippen LogP contribution in [0.5, 0.6) is 5.75 Å². The molecule has 0 heterocycles. The van der Waals surface area contributed by atoms with Crippen LogP contribution in [0.1, 0.15) is 38.7 Å². The second kappa shape index (κ2) is 9.25. The van der Waals surface area contributed by atoms with Gasteiger partial charge in [0.2, 0.25) is 0 Å². The van der Waals surface area contributed by atoms with Gasteiger partial charge in [-0.1, -0.05) is 38.8 Å². The van der Waals surface area contributed by atoms with Crippen LogP contribution in [0.15, 0.2) is 30.3 Å². The summed E-state index contributed by atoms with van der Waals surface area (Å²) in [6, 6.07) is 7.46. The number of esters is 1. The lowest BCUT2D eigenvalue weighted by atomic mass is 9.78. The van der Waals surface area contributed by atoms with E-state index >= 15 is 0 Å². The number of rotatable bonds is 6. The molecule has 136 valence electrons. The predicted octanol–water partition coefficient (Wildman–Crippen LogP) is 3.19. The lowest BCUT2D eigenvalue weighted by Crippen LogP contribution is -2.45. The van der Waals surface area contributed by atoms with Gasteiger partial charge in [-0.05, 0) is 42.0 Å². The molecule has 1 amide bonds. The number of carbonyl (C=O) groups excluding carboxylic acids is 2. The highest BCUT2D eigenvalue weighted by Gasteiger charge is 2.28. The zero-order valence-corrected chi connectivity index (χ0v) is 15.2. The molecular formula is C20H27NO4. The second-order valence-corrected chi connectivity index (χ2v) is 6.66. The highest BCUT2D eigenvalue weighted by molar-refractivity contribution is 5.89. The van der Waals surface area contributed by atoms with E-state index in [0.29, 0.717) is 11.8 Å². The third-order valence-corrected chi connectivity index (χ3v) is 4.93. The summed E-state index contributed by atoms with van der Waals surface area (Å²) in [7, 11) is 1.60. The minimum absolute atomic E-state index is 0.171. The first-order valence-electron chi connectivity index (χ1n) is 8.78. The maximum absolute atomic E-state index is 12.0. The molecule has 0 aliphatic heterocycles. The molecule has 0 unspecified atom stereocenters. The molecule has 1 aromatic carbocycles. The number of ether oxygens (including phenoxy) is 2. The van der Waals surface area contributed by atoms with Gasteiger partial charge >= 0.3 is 5.97 Å². The lowest BCUT2D eigenvalue weighted by molar-refractivity contribution is -0.144. The monoisotopic (exact) mass is 345 g/mol. The highest BCUT2D eigenvalue weighted by Crippen LogP contribution is 2.29. The number of nitrogens with one attached hydrogen (secondary N) is 1. The van der Waals surface area contributed by atoms with Crippen LogP contribution < -0.4 is 10.1 Å². The van der Waals surface area contributed by atoms with Crippen LogP contribution >= 0.6 is 0 Å². The summed E-state index contributed by atoms with van der Waals surface area (Å²) in [4.78, 5) is 23.7. The molecule has 3 atom stereocenters. The standard InChI is InChI=1S/C20H27NO4/c1-14-5-4-6-18(15(14)2)21-19(22)13-25-20(23)12-9-16-7-10-17(24-3)11-8-16/h7-12,14-15,18H,4-6,13H2,1-3H3,(H,21,22)/b12-9+/t14-,15+,18-/m0/s1. The largest absolute Gasteiger partial charge is 0.497 e. The Kier molecular flexibility index (Phi) is 7.04. The molecular weight excluding hydrogens is 318 g/mol. The molecule has 2 rings (SSSR count). The molecule has 0 saturated heterocycles. The minimum atomic E-state index is -0.531. The van der Waals surface area contributed by atoms with Gasteiger partial charge in [0.15, 0.2) is 6.61 Å². The van der Waals surface area contributed by atoms with Crippen LogP contribution in [0.2, 0.25) is 0 Å². The molecule has 1 saturated carbocycles. The molecule has 5 nitrogen and oxygen atoms in total. The fourth-order valence-electron chi connectivity index (χ4n) is 3.10. The Balaban J connectivity index is 1.75. The van der Waals surface area contributed by atoms with E-state index in [2.05, 4.69) is 19.2 Å². The Morgan fingerprint density at radius 3 is 2.60 bits per heavy atom. The van der Waals surface area contributed by atoms with Crippen molar-refractivity contribution < 1.29 is 19.1 Å². The van der Waals surface area contributed by atoms with Crippen molar-refractivity contribution in [3.05, 3.63) is 35.9 Å². The van der Waals surface area contributed by atoms with Crippen molar-refractivity contribution in [3.63, 3.8) is 0 Å². The average molecular weight is 345 g/mol. The quantitative estimate of drug-likeness (QED) is 0.635. The molecule has 1 aliphatic rings. The van der Waals surface area contributed by atoms with Crippen molar-refractivity contribution in [2.24, 2.45) is 11.8 Å². The summed E-state index contributed by atoms with van der Waals surface area (Å²) < 4.78 is 10.1. The summed E-state index contributed by atoms with van der Waals surface area (Å²) in [5, 5.41) is 2.99. The SMILES string of the molecule is COc1ccc(/C=C/C(=O)OCC(=O)N[C@H]2CCC[C@H](C)[C@H]2C)cc1. The smallest absolute Gasteiger partial charge is 0.331 e. The van der Waals surface area contributed by atoms with Gasteiger partial charge in [-0.2, -0.15) is 0 Å². The molecule has 1 fully saturated rings. The summed E-state index contributed by atoms with van der Waals surface area (Å²) in [5.41, 5.74) is 0.854. The lowest BCUT2D eigenvalue weighted by Gasteiger charge is -2.34. The highest BCUT2D eigenvalue weighted by atomic mass is 16.5. The fourth-order valence-corrected chi connectivity index (χ4v) is 3.10. The molecule has 1 aromatic rings. The average Bonchev–Trinajstić information content (AvgIpc) is 2.62. The van der Waals surface area contributed by atoms with E-state index in [4.69, 9.17) is 9.47 Å². The number of benzene rings is 1. The Bertz CT molecular complexity index is 609. The van der Waals surface area contributed by atoms with Crippen molar-refractivity contribution in [2.45, 2.75) is 39.2 Å². The van der Waals surface area contributed by atoms with Gasteiger partial charge in [-0.15, -0.1) is 0 Å². The van der Waals surface area contributed by atoms with E-state index in [1.165, 1.54) is 12.5 Å². The van der Waals surface area contributed by atoms with Crippen LogP contribution in [0, 0.1) is 11.8 Å². The van der Waals surface area contributed by atoms with Crippen molar-refractivity contribution in [3.8, 4) is 5.75 Å². The fraction of sp³-hybridized carbons (Fsp3) is 0.500. The molecule has 25 heavy (non-hydrogen) atoms. The third-order valence-electron chi connectivity index (χ3n) is 4.93. The summed E-state index contributed by atoms with van der Waals surface area (Å²) >= 11 is 0. The molecule has 1 N–H and O–H groups in total. The second-order valence-electron chi connectivity index (χ2n) is 6.66. The Hall–Kier alpha value is -2.30. The maximum atomic E-state index is 12.0. The molecule has 5 heteroatoms. The number of hydrogen-bond acceptors (Lipinski definition) is 4. The van der Waals surface area contributed by atoms with Crippen LogP contribution in [-0.4, -0.2) is 31.6 Å². The van der Waals surface area contributed by atoms with Gasteiger partial charge in [-0.3, -0.25) is 4.79 Å². The molecule has 0 spiro atoms. The third kappa shape index (κ3) is 5.93. The van der Waals surface area contributed by atoms with E-state index in [1.807, 2.05) is 24.3 Å². The van der Waals surface area contributed by atoms with Gasteiger partial charge in [0.25, 0.3) is 5.91 Å². The van der Waals surface area contributed by atoms with Gasteiger partial charge in [0, 0.05) is 12.1 Å². The predicted molar refractivity (Wildman–Crippen MR) is 97.1 cm³/mol. The van der Waals surface area contributed by atoms with Crippen LogP contribution in [-0.2, 0) is 14.3 Å². The van der Waals surface area contributed by atoms with Crippen LogP contribution in [0.25, 0.3) is 6.08 Å². The first kappa shape index (κ1) is 19.0. The van der Waals surface area contributed by atoms with E-state index in [9.17, 15) is 9.59 Å². The van der Waals surface area contributed by atoms with Crippen LogP contribution in [0.4, 0.5) is 0 Å². The Morgan fingerprint density at radius 1 is 1.20 bits per heavy atom. The molecule has 0 aromatic heterocycles. The number of carbonyl (C=O) groups is 2. The zero-order valence-electron chi connectivity index (χ0n) is 15.2. The van der Waals surface area contributed by atoms with E-state index in [-0.39, 0.29) is 18.6 Å². The van der Waals surface area contributed by atoms with E-state index in [0.717, 1.165) is 24.2 Å². The molecule has 1 aliphatic carbocycles. The zero-order chi connectivity index (χ0) is 18.2. The minimum Gasteiger partial charge on any atom is -0.497 e. The first-order valence-corrected chi connectivity index (χ1v) is 8.78. The summed E-state index contributed by atoms with van der Waals surface area (Å²) in [6.07, 6.45) is 6.28. The first-order chi connectivity index (χ1) is 12.0. The van der Waals surface area contributed by atoms with Crippen molar-refractivity contribution in [1.82, 2.24) is 5.32 Å². The number of methoxy groups -OCH3 is 1. The van der Waals surface area contributed by atoms with Gasteiger partial charge in [0.1, 0.15) is 5.75 Å². The van der Waals surface area contributed by atoms with Gasteiger partial charge in [-0.25, -0.2) is 4.79 Å². The van der Waals surface area contributed by atoms with Gasteiger partial charge in [0.05, 0.1) is 7.11 Å². The number of amides is 1. The van der Waals surface area contributed by atoms with Crippen LogP contribution in [0.3, 0.4) is 0 Å². The topological polar surface area (TPSA) is 64.6 Å². The maximum Gasteiger partial charge on any atom is 0.331 e. The van der Waals surface area contributed by atoms with Crippen molar-refractivity contribution >= 4 is 18.0 Å². The molecule has 0 bridgehead atoms. The van der Waals surface area contributed by atoms with E-state index < -0.39 is 5.97 Å². The molecule has 0 radical (unpaired) electrons. The summed E-state index contributed by atoms with van der Waals surface area (Å²) in [5.74, 6) is 1.04. The van der Waals surface area contributed by atoms with Gasteiger partial charge < -0.3 is 14.8 Å². The summed E-state index contributed by atoms with van der Waals surface area (Å²) in [6.45, 7) is 4.13. The van der Waals surface area contributed by atoms with Crippen molar-refractivity contribution in [2.75, 3.05) is 13.7 Å². The van der Waals surface area contributed by atoms with E-state index in [1.54, 1.807) is 13.2 Å². The Labute approximate surface area is 149 Å². The number of hydrogen-bond donors (Lipinski definition) is 1.